The third-order valence-electron chi connectivity index (χ3n) is 8.06. The second-order valence-corrected chi connectivity index (χ2v) is 13.4. The van der Waals surface area contributed by atoms with Gasteiger partial charge >= 0.3 is 204 Å². The minimum atomic E-state index is 0.0610. The number of rotatable bonds is 4. The van der Waals surface area contributed by atoms with Crippen LogP contribution in [0.4, 0.5) is 11.5 Å². The number of benzene rings is 3. The molecule has 1 aliphatic heterocycles. The molecule has 0 N–H and O–H groups in total. The van der Waals surface area contributed by atoms with Crippen molar-refractivity contribution in [3.8, 4) is 17.2 Å². The van der Waals surface area contributed by atoms with Crippen molar-refractivity contribution in [2.24, 2.45) is 7.05 Å². The second kappa shape index (κ2) is 9.89. The Morgan fingerprint density at radius 2 is 1.62 bits per heavy atom. The summed E-state index contributed by atoms with van der Waals surface area (Å²) in [5, 5.41) is 0. The van der Waals surface area contributed by atoms with Gasteiger partial charge in [0.15, 0.2) is 0 Å². The third-order valence-corrected chi connectivity index (χ3v) is 9.33. The summed E-state index contributed by atoms with van der Waals surface area (Å²) in [6.07, 6.45) is 3.00. The summed E-state index contributed by atoms with van der Waals surface area (Å²) in [4.78, 5) is 7.15. The van der Waals surface area contributed by atoms with Gasteiger partial charge in [-0.25, -0.2) is 0 Å². The Morgan fingerprint density at radius 3 is 2.40 bits per heavy atom. The number of aryl methyl sites for hydroxylation is 1. The fraction of sp³-hybridized carbons (Fsp3) is 0.294. The van der Waals surface area contributed by atoms with Crippen molar-refractivity contribution < 1.29 is 24.1 Å². The van der Waals surface area contributed by atoms with Gasteiger partial charge in [-0.3, -0.25) is 0 Å². The van der Waals surface area contributed by atoms with Gasteiger partial charge in [0, 0.05) is 6.20 Å². The summed E-state index contributed by atoms with van der Waals surface area (Å²) in [6, 6.07) is 27.7. The van der Waals surface area contributed by atoms with E-state index in [9.17, 15) is 0 Å². The average molecular weight is 712 g/mol. The summed E-state index contributed by atoms with van der Waals surface area (Å²) >= 11 is 2.39. The normalized spacial score (nSPS) is 14.8. The molecule has 0 bridgehead atoms. The summed E-state index contributed by atoms with van der Waals surface area (Å²) in [6.45, 7) is 12.3. The van der Waals surface area contributed by atoms with Crippen LogP contribution in [0.1, 0.15) is 52.2 Å². The Kier molecular flexibility index (Phi) is 6.62. The van der Waals surface area contributed by atoms with Crippen molar-refractivity contribution in [3.63, 3.8) is 0 Å². The van der Waals surface area contributed by atoms with Gasteiger partial charge in [-0.15, -0.1) is 0 Å². The monoisotopic (exact) mass is 711 g/mol. The zero-order chi connectivity index (χ0) is 28.2. The zero-order valence-electron chi connectivity index (χ0n) is 24.0. The van der Waals surface area contributed by atoms with E-state index in [1.807, 2.05) is 12.3 Å². The molecule has 2 aromatic heterocycles. The van der Waals surface area contributed by atoms with Gasteiger partial charge in [0.1, 0.15) is 0 Å². The molecule has 3 heterocycles. The summed E-state index contributed by atoms with van der Waals surface area (Å²) in [5.74, 6) is 2.62. The van der Waals surface area contributed by atoms with Crippen molar-refractivity contribution in [2.45, 2.75) is 51.9 Å². The summed E-state index contributed by atoms with van der Waals surface area (Å²) in [5.41, 5.74) is 7.35. The molecule has 0 fully saturated rings. The Bertz CT molecular complexity index is 1790. The number of fused-ring (bicyclic) bond motifs is 2. The number of pyridine rings is 1. The van der Waals surface area contributed by atoms with E-state index in [0.717, 1.165) is 39.8 Å². The van der Waals surface area contributed by atoms with Crippen LogP contribution in [0.3, 0.4) is 0 Å². The van der Waals surface area contributed by atoms with E-state index in [0.29, 0.717) is 0 Å². The van der Waals surface area contributed by atoms with Crippen LogP contribution in [0, 0.1) is 3.80 Å². The Labute approximate surface area is 247 Å². The molecule has 0 spiro atoms. The Morgan fingerprint density at radius 1 is 0.875 bits per heavy atom. The first kappa shape index (κ1) is 26.8. The van der Waals surface area contributed by atoms with E-state index >= 15 is 0 Å². The summed E-state index contributed by atoms with van der Waals surface area (Å²) < 4.78 is 12.1. The standard InChI is InChI=1S/C34H36N4O.Pt/c1-33(2,3)24-16-18-35-32(20-24)37-19-17-34(4,5)28-15-14-27(22-31(28)37)39-26-11-9-10-25(21-26)38-23-36(6)29-12-7-8-13-30(29)38;/h7-16,18,20-22H,17,19H2,1-6H3;. The van der Waals surface area contributed by atoms with Crippen LogP contribution in [0.2, 0.25) is 0 Å². The molecule has 208 valence electrons. The molecule has 1 aliphatic rings. The number of ether oxygens (including phenoxy) is 1. The maximum atomic E-state index is 6.53. The molecule has 0 atom stereocenters. The Balaban J connectivity index is 1.38. The molecule has 0 aliphatic carbocycles. The molecular formula is C34H36N4OPt. The molecule has 0 unspecified atom stereocenters. The van der Waals surface area contributed by atoms with Crippen molar-refractivity contribution in [2.75, 3.05) is 11.4 Å². The van der Waals surface area contributed by atoms with Gasteiger partial charge in [0.25, 0.3) is 0 Å². The molecule has 5 nitrogen and oxygen atoms in total. The fourth-order valence-electron chi connectivity index (χ4n) is 5.62. The first-order valence-corrected chi connectivity index (χ1v) is 15.0. The number of anilines is 2. The van der Waals surface area contributed by atoms with Gasteiger partial charge in [-0.1, -0.05) is 20.8 Å². The van der Waals surface area contributed by atoms with E-state index in [-0.39, 0.29) is 10.8 Å². The molecular weight excluding hydrogens is 675 g/mol. The van der Waals surface area contributed by atoms with Crippen LogP contribution >= 0.6 is 0 Å². The predicted molar refractivity (Wildman–Crippen MR) is 160 cm³/mol. The molecule has 3 aromatic carbocycles. The van der Waals surface area contributed by atoms with Gasteiger partial charge in [-0.05, 0) is 17.0 Å². The molecule has 0 saturated carbocycles. The first-order chi connectivity index (χ1) is 19.0. The Hall–Kier alpha value is -3.43. The van der Waals surface area contributed by atoms with E-state index in [1.54, 1.807) is 0 Å². The predicted octanol–water partition coefficient (Wildman–Crippen LogP) is 8.35. The molecule has 40 heavy (non-hydrogen) atoms. The molecule has 6 heteroatoms. The molecule has 5 aromatic rings. The van der Waals surface area contributed by atoms with Gasteiger partial charge in [0.2, 0.25) is 0 Å². The van der Waals surface area contributed by atoms with E-state index in [1.165, 1.54) is 27.8 Å². The third kappa shape index (κ3) is 4.75. The average Bonchev–Trinajstić information content (AvgIpc) is 3.18. The number of hydrogen-bond acceptors (Lipinski definition) is 3. The molecule has 0 radical (unpaired) electrons. The fourth-order valence-corrected chi connectivity index (χ4v) is 6.46. The number of para-hydroxylation sites is 2. The van der Waals surface area contributed by atoms with Crippen molar-refractivity contribution in [1.29, 1.82) is 0 Å². The molecule has 0 amide bonds. The van der Waals surface area contributed by atoms with Crippen molar-refractivity contribution >= 4 is 22.5 Å². The van der Waals surface area contributed by atoms with Crippen molar-refractivity contribution in [3.05, 3.63) is 100.0 Å². The van der Waals surface area contributed by atoms with Crippen LogP contribution in [0.5, 0.6) is 11.5 Å². The summed E-state index contributed by atoms with van der Waals surface area (Å²) in [7, 11) is 2.11. The number of aromatic nitrogens is 3. The van der Waals surface area contributed by atoms with Crippen LogP contribution < -0.4 is 9.64 Å². The quantitative estimate of drug-likeness (QED) is 0.188. The molecule has 6 rings (SSSR count). The zero-order valence-corrected chi connectivity index (χ0v) is 26.3. The second-order valence-electron chi connectivity index (χ2n) is 12.3. The minimum absolute atomic E-state index is 0.0610. The first-order valence-electron chi connectivity index (χ1n) is 13.8. The number of nitrogens with zero attached hydrogens (tertiary/aromatic N) is 4. The van der Waals surface area contributed by atoms with Gasteiger partial charge in [-0.2, -0.15) is 0 Å². The topological polar surface area (TPSA) is 35.2 Å². The number of imidazole rings is 1. The van der Waals surface area contributed by atoms with E-state index in [2.05, 4.69) is 148 Å². The van der Waals surface area contributed by atoms with Crippen LogP contribution in [0.25, 0.3) is 16.7 Å². The van der Waals surface area contributed by atoms with Crippen LogP contribution in [-0.4, -0.2) is 20.7 Å². The van der Waals surface area contributed by atoms with Gasteiger partial charge < -0.3 is 0 Å². The van der Waals surface area contributed by atoms with Crippen molar-refractivity contribution in [1.82, 2.24) is 14.1 Å². The molecule has 0 saturated heterocycles. The van der Waals surface area contributed by atoms with Crippen LogP contribution in [-0.2, 0) is 37.2 Å². The number of hydrogen-bond donors (Lipinski definition) is 0. The van der Waals surface area contributed by atoms with Gasteiger partial charge in [0.05, 0.1) is 0 Å². The van der Waals surface area contributed by atoms with E-state index < -0.39 is 0 Å². The van der Waals surface area contributed by atoms with Crippen LogP contribution in [0.15, 0.2) is 85.1 Å². The SMILES string of the molecule is Cn1[c](=[Pt])n(-c2cccc(Oc3ccc4c(c3)N(c3cc(C(C)(C)C)ccn3)CCC4(C)C)c2)c2ccccc21. The van der Waals surface area contributed by atoms with E-state index in [4.69, 9.17) is 9.72 Å². The maximum absolute atomic E-state index is 6.53.